The van der Waals surface area contributed by atoms with Crippen LogP contribution >= 0.6 is 11.6 Å². The zero-order valence-electron chi connectivity index (χ0n) is 8.60. The first-order valence-corrected chi connectivity index (χ1v) is 4.98. The molecule has 0 amide bonds. The molecule has 0 atom stereocenters. The molecular formula is C10H4ClF2N3O2. The van der Waals surface area contributed by atoms with Crippen molar-refractivity contribution in [3.8, 4) is 11.3 Å². The third kappa shape index (κ3) is 2.25. The fourth-order valence-corrected chi connectivity index (χ4v) is 1.62. The van der Waals surface area contributed by atoms with E-state index in [0.29, 0.717) is 6.07 Å². The summed E-state index contributed by atoms with van der Waals surface area (Å²) >= 11 is 5.57. The summed E-state index contributed by atoms with van der Waals surface area (Å²) < 4.78 is 26.1. The lowest BCUT2D eigenvalue weighted by atomic mass is 10.1. The monoisotopic (exact) mass is 271 g/mol. The number of hydrogen-bond acceptors (Lipinski definition) is 4. The maximum Gasteiger partial charge on any atom is 0.332 e. The van der Waals surface area contributed by atoms with E-state index in [9.17, 15) is 18.9 Å². The topological polar surface area (TPSA) is 68.9 Å². The summed E-state index contributed by atoms with van der Waals surface area (Å²) in [5.74, 6) is -1.73. The smallest absolute Gasteiger partial charge is 0.258 e. The Morgan fingerprint density at radius 1 is 1.17 bits per heavy atom. The minimum atomic E-state index is -0.867. The zero-order chi connectivity index (χ0) is 13.3. The van der Waals surface area contributed by atoms with Gasteiger partial charge in [-0.1, -0.05) is 11.6 Å². The maximum atomic E-state index is 13.1. The number of aromatic nitrogens is 2. The van der Waals surface area contributed by atoms with E-state index < -0.39 is 27.4 Å². The highest BCUT2D eigenvalue weighted by Gasteiger charge is 2.23. The molecule has 0 spiro atoms. The van der Waals surface area contributed by atoms with Gasteiger partial charge in [0.25, 0.3) is 0 Å². The molecular weight excluding hydrogens is 268 g/mol. The Morgan fingerprint density at radius 3 is 2.33 bits per heavy atom. The molecule has 0 aliphatic carbocycles. The molecule has 1 heterocycles. The number of halogens is 3. The van der Waals surface area contributed by atoms with Gasteiger partial charge in [-0.05, 0) is 12.1 Å². The first kappa shape index (κ1) is 12.3. The van der Waals surface area contributed by atoms with Gasteiger partial charge in [-0.3, -0.25) is 10.1 Å². The molecule has 0 aliphatic rings. The summed E-state index contributed by atoms with van der Waals surface area (Å²) in [5.41, 5.74) is -0.911. The Bertz CT molecular complexity index is 616. The summed E-state index contributed by atoms with van der Waals surface area (Å²) in [6.45, 7) is 0. The van der Waals surface area contributed by atoms with Crippen LogP contribution in [0.4, 0.5) is 14.5 Å². The van der Waals surface area contributed by atoms with Crippen LogP contribution in [-0.2, 0) is 0 Å². The predicted molar refractivity (Wildman–Crippen MR) is 59.0 cm³/mol. The van der Waals surface area contributed by atoms with Crippen molar-refractivity contribution in [2.24, 2.45) is 0 Å². The lowest BCUT2D eigenvalue weighted by Crippen LogP contribution is -1.98. The highest BCUT2D eigenvalue weighted by molar-refractivity contribution is 6.31. The molecule has 0 N–H and O–H groups in total. The molecule has 8 heteroatoms. The third-order valence-electron chi connectivity index (χ3n) is 2.10. The number of rotatable bonds is 2. The summed E-state index contributed by atoms with van der Waals surface area (Å²) in [6.07, 6.45) is 0.980. The van der Waals surface area contributed by atoms with Gasteiger partial charge in [0.15, 0.2) is 5.69 Å². The van der Waals surface area contributed by atoms with E-state index in [-0.39, 0.29) is 11.3 Å². The maximum absolute atomic E-state index is 13.1. The quantitative estimate of drug-likeness (QED) is 0.478. The first-order valence-electron chi connectivity index (χ1n) is 4.60. The molecule has 2 rings (SSSR count). The largest absolute Gasteiger partial charge is 0.332 e. The van der Waals surface area contributed by atoms with Crippen LogP contribution in [0.1, 0.15) is 0 Å². The summed E-state index contributed by atoms with van der Waals surface area (Å²) in [4.78, 5) is 17.1. The lowest BCUT2D eigenvalue weighted by molar-refractivity contribution is -0.384. The SMILES string of the molecule is O=[N+]([O-])c1c(Cl)ncnc1-c1cc(F)cc(F)c1. The summed E-state index contributed by atoms with van der Waals surface area (Å²) in [5, 5.41) is 10.4. The molecule has 0 saturated heterocycles. The van der Waals surface area contributed by atoms with Crippen LogP contribution in [0, 0.1) is 21.7 Å². The van der Waals surface area contributed by atoms with Crippen LogP contribution in [0.3, 0.4) is 0 Å². The Hall–Kier alpha value is -2.15. The van der Waals surface area contributed by atoms with Crippen molar-refractivity contribution < 1.29 is 13.7 Å². The Labute approximate surface area is 104 Å². The molecule has 0 radical (unpaired) electrons. The Morgan fingerprint density at radius 2 is 1.78 bits per heavy atom. The van der Waals surface area contributed by atoms with Crippen molar-refractivity contribution in [1.82, 2.24) is 9.97 Å². The van der Waals surface area contributed by atoms with E-state index in [1.165, 1.54) is 0 Å². The van der Waals surface area contributed by atoms with Crippen LogP contribution in [-0.4, -0.2) is 14.9 Å². The Kier molecular flexibility index (Phi) is 3.15. The van der Waals surface area contributed by atoms with Crippen molar-refractivity contribution in [1.29, 1.82) is 0 Å². The molecule has 1 aromatic carbocycles. The second-order valence-corrected chi connectivity index (χ2v) is 3.63. The van der Waals surface area contributed by atoms with Gasteiger partial charge in [-0.25, -0.2) is 18.7 Å². The lowest BCUT2D eigenvalue weighted by Gasteiger charge is -2.03. The molecule has 1 aromatic heterocycles. The molecule has 92 valence electrons. The van der Waals surface area contributed by atoms with Gasteiger partial charge in [0, 0.05) is 11.6 Å². The molecule has 0 bridgehead atoms. The predicted octanol–water partition coefficient (Wildman–Crippen LogP) is 2.98. The standard InChI is InChI=1S/C10H4ClF2N3O2/c11-10-9(16(17)18)8(14-4-15-10)5-1-6(12)3-7(13)2-5/h1-4H. The van der Waals surface area contributed by atoms with Crippen molar-refractivity contribution in [3.63, 3.8) is 0 Å². The van der Waals surface area contributed by atoms with Crippen LogP contribution in [0.5, 0.6) is 0 Å². The summed E-state index contributed by atoms with van der Waals surface area (Å²) in [6, 6.07) is 2.50. The minimum absolute atomic E-state index is 0.0801. The van der Waals surface area contributed by atoms with E-state index in [1.54, 1.807) is 0 Å². The number of benzene rings is 1. The molecule has 0 unspecified atom stereocenters. The molecule has 0 saturated carbocycles. The van der Waals surface area contributed by atoms with Crippen molar-refractivity contribution in [2.45, 2.75) is 0 Å². The van der Waals surface area contributed by atoms with Crippen LogP contribution in [0.25, 0.3) is 11.3 Å². The highest BCUT2D eigenvalue weighted by atomic mass is 35.5. The van der Waals surface area contributed by atoms with E-state index in [4.69, 9.17) is 11.6 Å². The summed E-state index contributed by atoms with van der Waals surface area (Å²) in [7, 11) is 0. The second kappa shape index (κ2) is 4.61. The van der Waals surface area contributed by atoms with Gasteiger partial charge >= 0.3 is 5.69 Å². The van der Waals surface area contributed by atoms with Crippen molar-refractivity contribution in [2.75, 3.05) is 0 Å². The van der Waals surface area contributed by atoms with Crippen molar-refractivity contribution >= 4 is 17.3 Å². The van der Waals surface area contributed by atoms with Gasteiger partial charge in [0.05, 0.1) is 4.92 Å². The van der Waals surface area contributed by atoms with Gasteiger partial charge in [-0.15, -0.1) is 0 Å². The van der Waals surface area contributed by atoms with E-state index in [2.05, 4.69) is 9.97 Å². The molecule has 0 fully saturated rings. The fraction of sp³-hybridized carbons (Fsp3) is 0. The highest BCUT2D eigenvalue weighted by Crippen LogP contribution is 2.32. The van der Waals surface area contributed by atoms with Gasteiger partial charge in [0.2, 0.25) is 5.15 Å². The van der Waals surface area contributed by atoms with E-state index in [0.717, 1.165) is 18.5 Å². The number of nitrogens with zero attached hydrogens (tertiary/aromatic N) is 3. The van der Waals surface area contributed by atoms with E-state index in [1.807, 2.05) is 0 Å². The molecule has 2 aromatic rings. The van der Waals surface area contributed by atoms with E-state index >= 15 is 0 Å². The van der Waals surface area contributed by atoms with Gasteiger partial charge < -0.3 is 0 Å². The minimum Gasteiger partial charge on any atom is -0.258 e. The average molecular weight is 272 g/mol. The van der Waals surface area contributed by atoms with Crippen molar-refractivity contribution in [3.05, 3.63) is 51.4 Å². The zero-order valence-corrected chi connectivity index (χ0v) is 9.36. The molecule has 0 aliphatic heterocycles. The Balaban J connectivity index is 2.71. The third-order valence-corrected chi connectivity index (χ3v) is 2.37. The molecule has 5 nitrogen and oxygen atoms in total. The van der Waals surface area contributed by atoms with Crippen LogP contribution < -0.4 is 0 Å². The number of nitro groups is 1. The van der Waals surface area contributed by atoms with Gasteiger partial charge in [-0.2, -0.15) is 0 Å². The number of hydrogen-bond donors (Lipinski definition) is 0. The first-order chi connectivity index (χ1) is 8.49. The van der Waals surface area contributed by atoms with Gasteiger partial charge in [0.1, 0.15) is 18.0 Å². The average Bonchev–Trinajstić information content (AvgIpc) is 2.26. The second-order valence-electron chi connectivity index (χ2n) is 3.28. The van der Waals surface area contributed by atoms with Crippen LogP contribution in [0.15, 0.2) is 24.5 Å². The fourth-order valence-electron chi connectivity index (χ4n) is 1.42. The molecule has 18 heavy (non-hydrogen) atoms. The normalized spacial score (nSPS) is 10.4. The van der Waals surface area contributed by atoms with Crippen LogP contribution in [0.2, 0.25) is 5.15 Å².